The van der Waals surface area contributed by atoms with Gasteiger partial charge in [0.25, 0.3) is 0 Å². The standard InChI is InChI=1S/C24H31N5S/c1-15-6-7-16(2)29(15)11-10-17-8-9-20-21(12-17)30-24-22(20)23(26-14-27-24)28-19-5-3-4-18(25)13-19/h3-5,13-17H,6-12,25H2,1-2H3,(H,26,27,28). The molecule has 3 atom stereocenters. The van der Waals surface area contributed by atoms with Crippen molar-refractivity contribution in [3.8, 4) is 0 Å². The van der Waals surface area contributed by atoms with E-state index in [1.54, 1.807) is 6.33 Å². The SMILES string of the molecule is CC1CCC(C)N1CCC1CCc2c(sc3ncnc(Nc4cccc(N)c4)c23)C1. The molecular formula is C24H31N5S. The van der Waals surface area contributed by atoms with E-state index in [1.165, 1.54) is 54.5 Å². The van der Waals surface area contributed by atoms with E-state index in [9.17, 15) is 0 Å². The molecule has 0 radical (unpaired) electrons. The molecule has 1 aromatic carbocycles. The zero-order valence-electron chi connectivity index (χ0n) is 17.9. The van der Waals surface area contributed by atoms with Crippen molar-refractivity contribution in [1.82, 2.24) is 14.9 Å². The summed E-state index contributed by atoms with van der Waals surface area (Å²) in [4.78, 5) is 14.5. The maximum atomic E-state index is 5.95. The van der Waals surface area contributed by atoms with E-state index in [4.69, 9.17) is 5.73 Å². The van der Waals surface area contributed by atoms with Crippen LogP contribution in [-0.2, 0) is 12.8 Å². The van der Waals surface area contributed by atoms with Gasteiger partial charge in [0.15, 0.2) is 0 Å². The summed E-state index contributed by atoms with van der Waals surface area (Å²) in [5.41, 5.74) is 9.13. The molecule has 1 aliphatic carbocycles. The van der Waals surface area contributed by atoms with Crippen molar-refractivity contribution in [1.29, 1.82) is 0 Å². The van der Waals surface area contributed by atoms with E-state index in [2.05, 4.69) is 34.0 Å². The van der Waals surface area contributed by atoms with Crippen LogP contribution in [-0.4, -0.2) is 33.5 Å². The number of aryl methyl sites for hydroxylation is 1. The molecule has 3 unspecified atom stereocenters. The van der Waals surface area contributed by atoms with E-state index in [0.717, 1.165) is 46.4 Å². The molecule has 0 saturated carbocycles. The summed E-state index contributed by atoms with van der Waals surface area (Å²) in [5, 5.41) is 4.68. The lowest BCUT2D eigenvalue weighted by atomic mass is 9.85. The first-order valence-corrected chi connectivity index (χ1v) is 12.0. The van der Waals surface area contributed by atoms with E-state index in [1.807, 2.05) is 35.6 Å². The monoisotopic (exact) mass is 421 g/mol. The summed E-state index contributed by atoms with van der Waals surface area (Å²) in [5.74, 6) is 1.69. The molecule has 5 nitrogen and oxygen atoms in total. The second-order valence-corrected chi connectivity index (χ2v) is 10.2. The van der Waals surface area contributed by atoms with E-state index in [0.29, 0.717) is 0 Å². The maximum absolute atomic E-state index is 5.95. The third-order valence-corrected chi connectivity index (χ3v) is 8.19. The van der Waals surface area contributed by atoms with Crippen LogP contribution in [0.4, 0.5) is 17.2 Å². The highest BCUT2D eigenvalue weighted by atomic mass is 32.1. The molecule has 3 heterocycles. The number of rotatable bonds is 5. The Hall–Kier alpha value is -2.18. The molecule has 158 valence electrons. The first-order chi connectivity index (χ1) is 14.6. The molecule has 0 bridgehead atoms. The third-order valence-electron chi connectivity index (χ3n) is 7.03. The molecule has 3 N–H and O–H groups in total. The van der Waals surface area contributed by atoms with Crippen LogP contribution in [0.1, 0.15) is 50.0 Å². The first kappa shape index (κ1) is 19.8. The number of fused-ring (bicyclic) bond motifs is 3. The number of benzene rings is 1. The lowest BCUT2D eigenvalue weighted by Gasteiger charge is -2.29. The number of thiophene rings is 1. The summed E-state index contributed by atoms with van der Waals surface area (Å²) >= 11 is 1.86. The van der Waals surface area contributed by atoms with Crippen molar-refractivity contribution in [3.63, 3.8) is 0 Å². The number of anilines is 3. The molecule has 2 aliphatic rings. The van der Waals surface area contributed by atoms with Crippen molar-refractivity contribution in [2.75, 3.05) is 17.6 Å². The van der Waals surface area contributed by atoms with Crippen molar-refractivity contribution < 1.29 is 0 Å². The van der Waals surface area contributed by atoms with E-state index >= 15 is 0 Å². The molecule has 0 amide bonds. The van der Waals surface area contributed by atoms with Crippen molar-refractivity contribution in [3.05, 3.63) is 41.0 Å². The molecule has 0 spiro atoms. The van der Waals surface area contributed by atoms with Crippen LogP contribution in [0.15, 0.2) is 30.6 Å². The van der Waals surface area contributed by atoms with Gasteiger partial charge in [-0.25, -0.2) is 9.97 Å². The van der Waals surface area contributed by atoms with Crippen molar-refractivity contribution in [2.45, 2.75) is 64.5 Å². The Balaban J connectivity index is 1.34. The van der Waals surface area contributed by atoms with Gasteiger partial charge >= 0.3 is 0 Å². The molecule has 5 rings (SSSR count). The summed E-state index contributed by atoms with van der Waals surface area (Å²) in [6.45, 7) is 6.03. The van der Waals surface area contributed by atoms with Gasteiger partial charge in [0, 0.05) is 28.3 Å². The van der Waals surface area contributed by atoms with E-state index < -0.39 is 0 Å². The minimum Gasteiger partial charge on any atom is -0.399 e. The normalized spacial score (nSPS) is 24.3. The largest absolute Gasteiger partial charge is 0.399 e. The summed E-state index contributed by atoms with van der Waals surface area (Å²) < 4.78 is 0. The van der Waals surface area contributed by atoms with Gasteiger partial charge in [0.2, 0.25) is 0 Å². The highest BCUT2D eigenvalue weighted by molar-refractivity contribution is 7.19. The topological polar surface area (TPSA) is 67.1 Å². The Labute approximate surface area is 182 Å². The molecule has 2 aromatic heterocycles. The van der Waals surface area contributed by atoms with Crippen molar-refractivity contribution in [2.24, 2.45) is 5.92 Å². The molecule has 1 aliphatic heterocycles. The van der Waals surface area contributed by atoms with Gasteiger partial charge in [0.1, 0.15) is 17.0 Å². The van der Waals surface area contributed by atoms with Gasteiger partial charge in [0.05, 0.1) is 5.39 Å². The van der Waals surface area contributed by atoms with Gasteiger partial charge in [-0.05, 0) is 88.6 Å². The average Bonchev–Trinajstić information content (AvgIpc) is 3.26. The highest BCUT2D eigenvalue weighted by Gasteiger charge is 2.29. The van der Waals surface area contributed by atoms with Crippen LogP contribution < -0.4 is 11.1 Å². The first-order valence-electron chi connectivity index (χ1n) is 11.2. The van der Waals surface area contributed by atoms with Gasteiger partial charge in [-0.1, -0.05) is 6.07 Å². The quantitative estimate of drug-likeness (QED) is 0.541. The Kier molecular flexibility index (Phi) is 5.37. The van der Waals surface area contributed by atoms with Crippen LogP contribution in [0.5, 0.6) is 0 Å². The fraction of sp³-hybridized carbons (Fsp3) is 0.500. The average molecular weight is 422 g/mol. The Morgan fingerprint density at radius 3 is 2.80 bits per heavy atom. The predicted octanol–water partition coefficient (Wildman–Crippen LogP) is 5.38. The number of nitrogen functional groups attached to an aromatic ring is 1. The van der Waals surface area contributed by atoms with Crippen LogP contribution in [0.3, 0.4) is 0 Å². The third kappa shape index (κ3) is 3.79. The number of hydrogen-bond acceptors (Lipinski definition) is 6. The Morgan fingerprint density at radius 1 is 1.17 bits per heavy atom. The Bertz CT molecular complexity index is 1040. The summed E-state index contributed by atoms with van der Waals surface area (Å²) in [6, 6.07) is 9.34. The van der Waals surface area contributed by atoms with Crippen LogP contribution in [0, 0.1) is 5.92 Å². The smallest absolute Gasteiger partial charge is 0.142 e. The van der Waals surface area contributed by atoms with Gasteiger partial charge in [-0.2, -0.15) is 0 Å². The second kappa shape index (κ2) is 8.16. The van der Waals surface area contributed by atoms with E-state index in [-0.39, 0.29) is 0 Å². The minimum absolute atomic E-state index is 0.749. The van der Waals surface area contributed by atoms with Crippen molar-refractivity contribution >= 4 is 38.7 Å². The fourth-order valence-electron chi connectivity index (χ4n) is 5.29. The molecular weight excluding hydrogens is 390 g/mol. The summed E-state index contributed by atoms with van der Waals surface area (Å²) in [7, 11) is 0. The van der Waals surface area contributed by atoms with Crippen LogP contribution in [0.2, 0.25) is 0 Å². The van der Waals surface area contributed by atoms with Crippen LogP contribution in [0.25, 0.3) is 10.2 Å². The molecule has 30 heavy (non-hydrogen) atoms. The number of nitrogens with two attached hydrogens (primary N) is 1. The summed E-state index contributed by atoms with van der Waals surface area (Å²) in [6.07, 6.45) is 9.27. The second-order valence-electron chi connectivity index (χ2n) is 9.07. The minimum atomic E-state index is 0.749. The fourth-order valence-corrected chi connectivity index (χ4v) is 6.60. The zero-order valence-corrected chi connectivity index (χ0v) is 18.7. The van der Waals surface area contributed by atoms with Gasteiger partial charge in [-0.3, -0.25) is 4.90 Å². The highest BCUT2D eigenvalue weighted by Crippen LogP contribution is 2.41. The molecule has 1 saturated heterocycles. The van der Waals surface area contributed by atoms with Gasteiger partial charge in [-0.15, -0.1) is 11.3 Å². The molecule has 1 fully saturated rings. The molecule has 6 heteroatoms. The van der Waals surface area contributed by atoms with Crippen LogP contribution >= 0.6 is 11.3 Å². The number of nitrogens with zero attached hydrogens (tertiary/aromatic N) is 3. The number of nitrogens with one attached hydrogen (secondary N) is 1. The number of likely N-dealkylation sites (tertiary alicyclic amines) is 1. The van der Waals surface area contributed by atoms with Gasteiger partial charge < -0.3 is 11.1 Å². The molecule has 3 aromatic rings. The number of aromatic nitrogens is 2. The zero-order chi connectivity index (χ0) is 20.7. The number of hydrogen-bond donors (Lipinski definition) is 2. The predicted molar refractivity (Wildman–Crippen MR) is 127 cm³/mol. The maximum Gasteiger partial charge on any atom is 0.142 e. The lowest BCUT2D eigenvalue weighted by molar-refractivity contribution is 0.194. The lowest BCUT2D eigenvalue weighted by Crippen LogP contribution is -2.34. The Morgan fingerprint density at radius 2 is 2.00 bits per heavy atom.